The van der Waals surface area contributed by atoms with E-state index in [4.69, 9.17) is 4.98 Å². The molecule has 0 radical (unpaired) electrons. The summed E-state index contributed by atoms with van der Waals surface area (Å²) in [5.41, 5.74) is 17.7. The Balaban J connectivity index is 1.51. The molecule has 1 unspecified atom stereocenters. The number of pyridine rings is 1. The average Bonchev–Trinajstić information content (AvgIpc) is 3.36. The normalized spacial score (nSPS) is 18.8. The Labute approximate surface area is 268 Å². The van der Waals surface area contributed by atoms with Crippen molar-refractivity contribution in [1.29, 1.82) is 0 Å². The topological polar surface area (TPSA) is 17.8 Å². The molecule has 0 saturated heterocycles. The second-order valence-corrected chi connectivity index (χ2v) is 14.9. The minimum absolute atomic E-state index is 0.133. The van der Waals surface area contributed by atoms with Gasteiger partial charge in [-0.2, -0.15) is 0 Å². The van der Waals surface area contributed by atoms with Crippen molar-refractivity contribution in [2.45, 2.75) is 79.1 Å². The highest BCUT2D eigenvalue weighted by atomic mass is 15.0. The summed E-state index contributed by atoms with van der Waals surface area (Å²) < 4.78 is 2.54. The van der Waals surface area contributed by atoms with Gasteiger partial charge in [0.2, 0.25) is 6.71 Å². The standard InChI is InChI=1S/C42H43BN2/c1-24(2)30-11-9-12-31(25(3)4)40(30)43-35-13-10-18-44-41(35)39-34(42(8)23-28(42)7)21-29(22-36(39)43)45-37-16-14-26(5)19-32(37)33-20-27(6)15-17-38(33)45/h9-22,24-25,28H,23H2,1-8H3/t28-,42?/m0/s1. The van der Waals surface area contributed by atoms with Gasteiger partial charge in [0.05, 0.1) is 16.7 Å². The molecule has 1 fully saturated rings. The SMILES string of the molecule is Cc1ccc2c(c1)c1cc(C)ccc1n2-c1cc2c(c(C3(C)C[C@@H]3C)c1)-c1ncccc1B2c1c(C(C)C)cccc1C(C)C. The zero-order valence-electron chi connectivity index (χ0n) is 28.0. The molecule has 4 aromatic carbocycles. The third kappa shape index (κ3) is 4.12. The van der Waals surface area contributed by atoms with Crippen molar-refractivity contribution >= 4 is 44.9 Å². The van der Waals surface area contributed by atoms with Crippen molar-refractivity contribution in [3.05, 3.63) is 113 Å². The highest BCUT2D eigenvalue weighted by Gasteiger charge is 2.51. The molecule has 2 nitrogen and oxygen atoms in total. The van der Waals surface area contributed by atoms with Gasteiger partial charge in [0.1, 0.15) is 0 Å². The van der Waals surface area contributed by atoms with E-state index in [2.05, 4.69) is 139 Å². The van der Waals surface area contributed by atoms with Crippen LogP contribution >= 0.6 is 0 Å². The molecule has 8 rings (SSSR count). The first-order valence-electron chi connectivity index (χ1n) is 16.9. The summed E-state index contributed by atoms with van der Waals surface area (Å²) in [4.78, 5) is 5.16. The molecule has 3 heteroatoms. The van der Waals surface area contributed by atoms with Gasteiger partial charge in [-0.1, -0.05) is 100.0 Å². The van der Waals surface area contributed by atoms with Crippen LogP contribution in [0.15, 0.2) is 85.1 Å². The van der Waals surface area contributed by atoms with Gasteiger partial charge in [-0.25, -0.2) is 0 Å². The number of hydrogen-bond acceptors (Lipinski definition) is 1. The summed E-state index contributed by atoms with van der Waals surface area (Å²) in [6, 6.07) is 30.5. The number of hydrogen-bond donors (Lipinski definition) is 0. The number of fused-ring (bicyclic) bond motifs is 6. The number of rotatable bonds is 5. The summed E-state index contributed by atoms with van der Waals surface area (Å²) in [7, 11) is 0. The minimum atomic E-state index is 0.133. The first kappa shape index (κ1) is 28.4. The van der Waals surface area contributed by atoms with Crippen LogP contribution in [0.4, 0.5) is 0 Å². The summed E-state index contributed by atoms with van der Waals surface area (Å²) in [5.74, 6) is 1.49. The van der Waals surface area contributed by atoms with Crippen molar-refractivity contribution in [2.24, 2.45) is 5.92 Å². The maximum Gasteiger partial charge on any atom is 0.245 e. The smallest absolute Gasteiger partial charge is 0.245 e. The van der Waals surface area contributed by atoms with Crippen molar-refractivity contribution in [2.75, 3.05) is 0 Å². The van der Waals surface area contributed by atoms with Crippen LogP contribution in [0, 0.1) is 19.8 Å². The summed E-state index contributed by atoms with van der Waals surface area (Å²) >= 11 is 0. The second kappa shape index (κ2) is 9.95. The lowest BCUT2D eigenvalue weighted by Gasteiger charge is -2.25. The van der Waals surface area contributed by atoms with E-state index in [1.54, 1.807) is 0 Å². The van der Waals surface area contributed by atoms with Crippen molar-refractivity contribution in [1.82, 2.24) is 9.55 Å². The molecule has 45 heavy (non-hydrogen) atoms. The van der Waals surface area contributed by atoms with Crippen LogP contribution in [-0.2, 0) is 5.41 Å². The van der Waals surface area contributed by atoms with Crippen LogP contribution in [0.25, 0.3) is 38.8 Å². The zero-order valence-corrected chi connectivity index (χ0v) is 28.0. The lowest BCUT2D eigenvalue weighted by molar-refractivity contribution is 0.703. The van der Waals surface area contributed by atoms with Gasteiger partial charge >= 0.3 is 0 Å². The fourth-order valence-electron chi connectivity index (χ4n) is 8.48. The zero-order chi connectivity index (χ0) is 31.4. The molecule has 0 amide bonds. The highest BCUT2D eigenvalue weighted by Crippen LogP contribution is 2.56. The van der Waals surface area contributed by atoms with E-state index < -0.39 is 0 Å². The second-order valence-electron chi connectivity index (χ2n) is 14.9. The predicted molar refractivity (Wildman–Crippen MR) is 194 cm³/mol. The molecular weight excluding hydrogens is 543 g/mol. The van der Waals surface area contributed by atoms with E-state index in [0.29, 0.717) is 17.8 Å². The lowest BCUT2D eigenvalue weighted by Crippen LogP contribution is -2.52. The first-order chi connectivity index (χ1) is 21.6. The summed E-state index contributed by atoms with van der Waals surface area (Å²) in [6.07, 6.45) is 3.21. The predicted octanol–water partition coefficient (Wildman–Crippen LogP) is 8.84. The molecular formula is C42H43BN2. The van der Waals surface area contributed by atoms with Gasteiger partial charge < -0.3 is 4.57 Å². The maximum atomic E-state index is 5.16. The molecule has 0 spiro atoms. The van der Waals surface area contributed by atoms with Crippen LogP contribution in [0.5, 0.6) is 0 Å². The third-order valence-electron chi connectivity index (χ3n) is 11.2. The van der Waals surface area contributed by atoms with Gasteiger partial charge in [0.25, 0.3) is 0 Å². The van der Waals surface area contributed by atoms with Crippen LogP contribution in [-0.4, -0.2) is 16.3 Å². The number of benzene rings is 4. The molecule has 1 aliphatic carbocycles. The molecule has 3 heterocycles. The van der Waals surface area contributed by atoms with Crippen LogP contribution in [0.2, 0.25) is 0 Å². The fourth-order valence-corrected chi connectivity index (χ4v) is 8.48. The Morgan fingerprint density at radius 1 is 0.778 bits per heavy atom. The number of aryl methyl sites for hydroxylation is 2. The van der Waals surface area contributed by atoms with Crippen molar-refractivity contribution in [3.63, 3.8) is 0 Å². The Morgan fingerprint density at radius 2 is 1.38 bits per heavy atom. The first-order valence-corrected chi connectivity index (χ1v) is 16.9. The van der Waals surface area contributed by atoms with Gasteiger partial charge in [-0.15, -0.1) is 0 Å². The Morgan fingerprint density at radius 3 is 1.93 bits per heavy atom. The monoisotopic (exact) mass is 586 g/mol. The molecule has 0 N–H and O–H groups in total. The Bertz CT molecular complexity index is 2080. The van der Waals surface area contributed by atoms with Crippen molar-refractivity contribution < 1.29 is 0 Å². The number of nitrogens with zero attached hydrogens (tertiary/aromatic N) is 2. The Hall–Kier alpha value is -4.11. The fraction of sp³-hybridized carbons (Fsp3) is 0.310. The van der Waals surface area contributed by atoms with E-state index in [0.717, 1.165) is 0 Å². The van der Waals surface area contributed by atoms with Gasteiger partial charge in [0, 0.05) is 22.7 Å². The van der Waals surface area contributed by atoms with Crippen LogP contribution < -0.4 is 16.4 Å². The molecule has 2 aliphatic rings. The van der Waals surface area contributed by atoms with E-state index in [-0.39, 0.29) is 12.1 Å². The molecule has 1 aliphatic heterocycles. The van der Waals surface area contributed by atoms with Crippen LogP contribution in [0.3, 0.4) is 0 Å². The van der Waals surface area contributed by atoms with Gasteiger partial charge in [0.15, 0.2) is 0 Å². The van der Waals surface area contributed by atoms with Crippen molar-refractivity contribution in [3.8, 4) is 16.9 Å². The molecule has 1 saturated carbocycles. The quantitative estimate of drug-likeness (QED) is 0.184. The number of aromatic nitrogens is 2. The van der Waals surface area contributed by atoms with E-state index in [9.17, 15) is 0 Å². The van der Waals surface area contributed by atoms with E-state index in [1.165, 1.54) is 89.4 Å². The van der Waals surface area contributed by atoms with Gasteiger partial charge in [-0.05, 0) is 114 Å². The third-order valence-corrected chi connectivity index (χ3v) is 11.2. The largest absolute Gasteiger partial charge is 0.309 e. The summed E-state index contributed by atoms with van der Waals surface area (Å²) in [6.45, 7) is 18.8. The van der Waals surface area contributed by atoms with E-state index in [1.807, 2.05) is 6.20 Å². The molecule has 224 valence electrons. The van der Waals surface area contributed by atoms with Crippen LogP contribution in [0.1, 0.15) is 87.6 Å². The Kier molecular flexibility index (Phi) is 6.27. The minimum Gasteiger partial charge on any atom is -0.309 e. The van der Waals surface area contributed by atoms with Gasteiger partial charge in [-0.3, -0.25) is 4.98 Å². The molecule has 6 aromatic rings. The molecule has 2 atom stereocenters. The molecule has 0 bridgehead atoms. The average molecular weight is 587 g/mol. The van der Waals surface area contributed by atoms with E-state index >= 15 is 0 Å². The maximum absolute atomic E-state index is 5.16. The summed E-state index contributed by atoms with van der Waals surface area (Å²) in [5, 5.41) is 2.66. The highest BCUT2D eigenvalue weighted by molar-refractivity contribution is 6.99. The lowest BCUT2D eigenvalue weighted by atomic mass is 9.36. The molecule has 2 aromatic heterocycles.